The van der Waals surface area contributed by atoms with Crippen LogP contribution in [0.2, 0.25) is 0 Å². The molecule has 1 heteroatoms. The number of para-hydroxylation sites is 1. The average molecular weight is 608 g/mol. The van der Waals surface area contributed by atoms with Crippen molar-refractivity contribution in [2.45, 2.75) is 62.3 Å². The summed E-state index contributed by atoms with van der Waals surface area (Å²) >= 11 is 0. The van der Waals surface area contributed by atoms with Gasteiger partial charge in [0.15, 0.2) is 0 Å². The fourth-order valence-corrected chi connectivity index (χ4v) is 9.70. The highest BCUT2D eigenvalue weighted by molar-refractivity contribution is 5.89. The lowest BCUT2D eigenvalue weighted by Crippen LogP contribution is -2.52. The van der Waals surface area contributed by atoms with Crippen LogP contribution in [-0.2, 0) is 10.8 Å². The molecule has 1 saturated carbocycles. The molecule has 0 aromatic heterocycles. The van der Waals surface area contributed by atoms with E-state index >= 15 is 0 Å². The Bertz CT molecular complexity index is 2060. The van der Waals surface area contributed by atoms with Crippen LogP contribution in [0.1, 0.15) is 73.8 Å². The molecule has 2 aliphatic carbocycles. The first-order chi connectivity index (χ1) is 23.1. The zero-order valence-corrected chi connectivity index (χ0v) is 27.4. The van der Waals surface area contributed by atoms with E-state index in [1.807, 2.05) is 0 Å². The molecule has 1 fully saturated rings. The quantitative estimate of drug-likeness (QED) is 0.192. The summed E-state index contributed by atoms with van der Waals surface area (Å²) in [6, 6.07) is 57.0. The number of nitrogens with zero attached hydrogens (tertiary/aromatic N) is 1. The molecule has 0 spiro atoms. The molecular formula is C46H41N. The lowest BCUT2D eigenvalue weighted by molar-refractivity contribution is 0.261. The van der Waals surface area contributed by atoms with Crippen molar-refractivity contribution in [3.63, 3.8) is 0 Å². The molecule has 2 atom stereocenters. The molecule has 0 saturated heterocycles. The van der Waals surface area contributed by atoms with Crippen molar-refractivity contribution < 1.29 is 0 Å². The minimum absolute atomic E-state index is 0.0354. The lowest BCUT2D eigenvalue weighted by atomic mass is 9.66. The summed E-state index contributed by atoms with van der Waals surface area (Å²) in [5.74, 6) is 0. The molecule has 0 radical (unpaired) electrons. The van der Waals surface area contributed by atoms with Gasteiger partial charge in [0.25, 0.3) is 0 Å². The van der Waals surface area contributed by atoms with Gasteiger partial charge in [0, 0.05) is 16.8 Å². The number of anilines is 2. The topological polar surface area (TPSA) is 3.24 Å². The van der Waals surface area contributed by atoms with Gasteiger partial charge in [-0.15, -0.1) is 0 Å². The first kappa shape index (κ1) is 28.4. The lowest BCUT2D eigenvalue weighted by Gasteiger charge is -2.46. The third kappa shape index (κ3) is 3.89. The van der Waals surface area contributed by atoms with Crippen molar-refractivity contribution in [3.05, 3.63) is 179 Å². The largest absolute Gasteiger partial charge is 0.334 e. The monoisotopic (exact) mass is 607 g/mol. The average Bonchev–Trinajstić information content (AvgIpc) is 3.45. The van der Waals surface area contributed by atoms with E-state index in [1.54, 1.807) is 0 Å². The highest BCUT2D eigenvalue weighted by Gasteiger charge is 2.56. The summed E-state index contributed by atoms with van der Waals surface area (Å²) in [4.78, 5) is 2.68. The van der Waals surface area contributed by atoms with Gasteiger partial charge in [-0.05, 0) is 100 Å². The predicted octanol–water partition coefficient (Wildman–Crippen LogP) is 11.8. The number of rotatable bonds is 4. The van der Waals surface area contributed by atoms with Crippen molar-refractivity contribution in [2.75, 3.05) is 4.90 Å². The maximum Gasteiger partial charge on any atom is 0.0713 e. The second kappa shape index (κ2) is 10.6. The molecule has 0 amide bonds. The predicted molar refractivity (Wildman–Crippen MR) is 197 cm³/mol. The van der Waals surface area contributed by atoms with Crippen molar-refractivity contribution in [3.8, 4) is 22.3 Å². The Morgan fingerprint density at radius 3 is 1.77 bits per heavy atom. The van der Waals surface area contributed by atoms with E-state index < -0.39 is 0 Å². The van der Waals surface area contributed by atoms with Crippen molar-refractivity contribution >= 4 is 11.4 Å². The Hall–Kier alpha value is -4.88. The van der Waals surface area contributed by atoms with Crippen LogP contribution in [0.5, 0.6) is 0 Å². The first-order valence-corrected chi connectivity index (χ1v) is 17.4. The number of hydrogen-bond acceptors (Lipinski definition) is 1. The van der Waals surface area contributed by atoms with E-state index in [0.717, 1.165) is 0 Å². The highest BCUT2D eigenvalue weighted by atomic mass is 15.2. The molecule has 1 heterocycles. The van der Waals surface area contributed by atoms with Crippen molar-refractivity contribution in [1.82, 2.24) is 0 Å². The fraction of sp³-hybridized carbons (Fsp3) is 0.217. The third-order valence-corrected chi connectivity index (χ3v) is 12.2. The van der Waals surface area contributed by atoms with Crippen LogP contribution in [0.4, 0.5) is 11.4 Å². The van der Waals surface area contributed by atoms with Crippen molar-refractivity contribution in [1.29, 1.82) is 0 Å². The summed E-state index contributed by atoms with van der Waals surface area (Å²) in [5.41, 5.74) is 14.5. The van der Waals surface area contributed by atoms with Crippen LogP contribution in [0.3, 0.4) is 0 Å². The summed E-state index contributed by atoms with van der Waals surface area (Å²) < 4.78 is 0. The minimum Gasteiger partial charge on any atom is -0.334 e. The van der Waals surface area contributed by atoms with Crippen LogP contribution in [0.25, 0.3) is 22.3 Å². The van der Waals surface area contributed by atoms with Gasteiger partial charge in [-0.2, -0.15) is 0 Å². The highest BCUT2D eigenvalue weighted by Crippen LogP contribution is 2.61. The Labute approximate surface area is 279 Å². The molecule has 1 aliphatic heterocycles. The summed E-state index contributed by atoms with van der Waals surface area (Å²) in [6.07, 6.45) is 6.31. The van der Waals surface area contributed by atoms with E-state index in [0.29, 0.717) is 0 Å². The van der Waals surface area contributed by atoms with Gasteiger partial charge in [0.2, 0.25) is 0 Å². The molecule has 47 heavy (non-hydrogen) atoms. The second-order valence-electron chi connectivity index (χ2n) is 14.4. The van der Waals surface area contributed by atoms with Gasteiger partial charge in [0.1, 0.15) is 0 Å². The molecule has 0 bridgehead atoms. The first-order valence-electron chi connectivity index (χ1n) is 17.4. The maximum absolute atomic E-state index is 2.68. The Balaban J connectivity index is 1.24. The summed E-state index contributed by atoms with van der Waals surface area (Å²) in [6.45, 7) is 5.08. The van der Waals surface area contributed by atoms with E-state index in [-0.39, 0.29) is 16.4 Å². The normalized spacial score (nSPS) is 22.1. The number of hydrogen-bond donors (Lipinski definition) is 0. The van der Waals surface area contributed by atoms with Gasteiger partial charge in [0.05, 0.1) is 11.0 Å². The molecule has 230 valence electrons. The molecule has 2 unspecified atom stereocenters. The maximum atomic E-state index is 2.68. The molecule has 6 aromatic carbocycles. The second-order valence-corrected chi connectivity index (χ2v) is 14.4. The van der Waals surface area contributed by atoms with Gasteiger partial charge in [-0.25, -0.2) is 0 Å². The van der Waals surface area contributed by atoms with Crippen LogP contribution < -0.4 is 4.90 Å². The minimum atomic E-state index is -0.364. The standard InChI is InChI=1S/C46H41N/c1-44-29-15-6-16-30-45(44,2)47(37-21-11-5-12-22-37)43-28-26-34(32-42(43)44)33-25-27-41-39(31-33)38-23-13-14-24-40(38)46(41,35-17-7-3-8-18-35)36-19-9-4-10-20-36/h3-5,7-14,17-28,31-32H,6,15-16,29-30H2,1-2H3. The van der Waals surface area contributed by atoms with E-state index in [4.69, 9.17) is 0 Å². The Kier molecular flexibility index (Phi) is 6.38. The van der Waals surface area contributed by atoms with Crippen LogP contribution in [0, 0.1) is 0 Å². The zero-order valence-electron chi connectivity index (χ0n) is 27.4. The molecule has 0 N–H and O–H groups in total. The zero-order chi connectivity index (χ0) is 31.6. The van der Waals surface area contributed by atoms with Gasteiger partial charge < -0.3 is 4.90 Å². The van der Waals surface area contributed by atoms with Gasteiger partial charge in [-0.1, -0.05) is 148 Å². The Morgan fingerprint density at radius 2 is 1.04 bits per heavy atom. The fourth-order valence-electron chi connectivity index (χ4n) is 9.70. The number of benzene rings is 6. The Morgan fingerprint density at radius 1 is 0.468 bits per heavy atom. The van der Waals surface area contributed by atoms with Crippen molar-refractivity contribution in [2.24, 2.45) is 0 Å². The van der Waals surface area contributed by atoms with Gasteiger partial charge >= 0.3 is 0 Å². The SMILES string of the molecule is CC12CCCCCC1(C)N(c1ccccc1)c1ccc(-c3ccc4c(c3)-c3ccccc3C4(c3ccccc3)c3ccccc3)cc12. The third-order valence-electron chi connectivity index (χ3n) is 12.2. The molecule has 3 aliphatic rings. The number of fused-ring (bicyclic) bond motifs is 6. The van der Waals surface area contributed by atoms with E-state index in [9.17, 15) is 0 Å². The van der Waals surface area contributed by atoms with E-state index in [2.05, 4.69) is 170 Å². The van der Waals surface area contributed by atoms with Crippen LogP contribution in [0.15, 0.2) is 152 Å². The van der Waals surface area contributed by atoms with E-state index in [1.165, 1.54) is 93.5 Å². The summed E-state index contributed by atoms with van der Waals surface area (Å²) in [5, 5.41) is 0. The van der Waals surface area contributed by atoms with Crippen LogP contribution in [-0.4, -0.2) is 5.54 Å². The van der Waals surface area contributed by atoms with Crippen LogP contribution >= 0.6 is 0 Å². The molecule has 6 aromatic rings. The smallest absolute Gasteiger partial charge is 0.0713 e. The summed E-state index contributed by atoms with van der Waals surface area (Å²) in [7, 11) is 0. The van der Waals surface area contributed by atoms with Gasteiger partial charge in [-0.3, -0.25) is 0 Å². The molecule has 1 nitrogen and oxygen atoms in total. The molecule has 9 rings (SSSR count). The molecular weight excluding hydrogens is 567 g/mol.